The summed E-state index contributed by atoms with van der Waals surface area (Å²) in [5.41, 5.74) is -0.806. The predicted octanol–water partition coefficient (Wildman–Crippen LogP) is 4.02. The number of nitrogens with one attached hydrogen (secondary N) is 1. The second-order valence-electron chi connectivity index (χ2n) is 3.57. The largest absolute Gasteiger partial charge is 0.418 e. The van der Waals surface area contributed by atoms with E-state index in [4.69, 9.17) is 12.2 Å². The van der Waals surface area contributed by atoms with Gasteiger partial charge >= 0.3 is 6.18 Å². The number of benzene rings is 1. The van der Waals surface area contributed by atoms with Crippen molar-refractivity contribution in [2.24, 2.45) is 0 Å². The molecule has 0 aliphatic carbocycles. The number of nitrogens with zero attached hydrogens (tertiary/aromatic N) is 2. The summed E-state index contributed by atoms with van der Waals surface area (Å²) in [6.45, 7) is 1.58. The molecule has 1 N–H and O–H groups in total. The summed E-state index contributed by atoms with van der Waals surface area (Å²) in [7, 11) is 0. The third-order valence-corrected chi connectivity index (χ3v) is 3.11. The van der Waals surface area contributed by atoms with E-state index in [-0.39, 0.29) is 10.5 Å². The maximum absolute atomic E-state index is 13.0. The van der Waals surface area contributed by atoms with Gasteiger partial charge in [-0.2, -0.15) is 18.3 Å². The van der Waals surface area contributed by atoms with E-state index in [0.29, 0.717) is 10.3 Å². The van der Waals surface area contributed by atoms with E-state index in [2.05, 4.69) is 26.1 Å². The molecule has 0 spiro atoms. The molecule has 1 aromatic carbocycles. The highest BCUT2D eigenvalue weighted by molar-refractivity contribution is 9.10. The summed E-state index contributed by atoms with van der Waals surface area (Å²) >= 11 is 7.97. The minimum atomic E-state index is -4.46. The second-order valence-corrected chi connectivity index (χ2v) is 4.87. The summed E-state index contributed by atoms with van der Waals surface area (Å²) in [5.74, 6) is 0.368. The maximum Gasteiger partial charge on any atom is 0.418 e. The van der Waals surface area contributed by atoms with Crippen LogP contribution in [0, 0.1) is 11.7 Å². The van der Waals surface area contributed by atoms with E-state index in [1.54, 1.807) is 6.92 Å². The molecule has 0 bridgehead atoms. The Morgan fingerprint density at radius 2 is 2.06 bits per heavy atom. The lowest BCUT2D eigenvalue weighted by molar-refractivity contribution is -0.137. The number of H-pyrrole nitrogens is 1. The number of rotatable bonds is 1. The van der Waals surface area contributed by atoms with Gasteiger partial charge in [-0.1, -0.05) is 15.9 Å². The molecule has 0 saturated carbocycles. The highest BCUT2D eigenvalue weighted by atomic mass is 79.9. The van der Waals surface area contributed by atoms with Crippen LogP contribution in [0.3, 0.4) is 0 Å². The topological polar surface area (TPSA) is 33.6 Å². The molecule has 2 aromatic rings. The van der Waals surface area contributed by atoms with E-state index in [1.807, 2.05) is 0 Å². The summed E-state index contributed by atoms with van der Waals surface area (Å²) < 4.78 is 40.7. The molecule has 3 nitrogen and oxygen atoms in total. The molecule has 8 heteroatoms. The minimum Gasteiger partial charge on any atom is -0.272 e. The summed E-state index contributed by atoms with van der Waals surface area (Å²) in [5, 5.41) is 6.27. The lowest BCUT2D eigenvalue weighted by Gasteiger charge is -2.14. The van der Waals surface area contributed by atoms with Crippen molar-refractivity contribution in [3.63, 3.8) is 0 Å². The number of aromatic nitrogens is 3. The first-order chi connectivity index (χ1) is 8.30. The lowest BCUT2D eigenvalue weighted by Crippen LogP contribution is -2.11. The van der Waals surface area contributed by atoms with Crippen LogP contribution >= 0.6 is 28.1 Å². The first-order valence-electron chi connectivity index (χ1n) is 4.82. The van der Waals surface area contributed by atoms with Crippen molar-refractivity contribution in [1.29, 1.82) is 0 Å². The second kappa shape index (κ2) is 4.51. The summed E-state index contributed by atoms with van der Waals surface area (Å²) in [6.07, 6.45) is -4.46. The van der Waals surface area contributed by atoms with Crippen molar-refractivity contribution < 1.29 is 13.2 Å². The molecule has 0 aliphatic heterocycles. The number of hydrogen-bond donors (Lipinski definition) is 1. The van der Waals surface area contributed by atoms with E-state index in [9.17, 15) is 13.2 Å². The van der Waals surface area contributed by atoms with Crippen molar-refractivity contribution in [2.45, 2.75) is 13.1 Å². The average Bonchev–Trinajstić information content (AvgIpc) is 2.58. The zero-order valence-electron chi connectivity index (χ0n) is 9.05. The van der Waals surface area contributed by atoms with Gasteiger partial charge < -0.3 is 0 Å². The Morgan fingerprint density at radius 1 is 1.39 bits per heavy atom. The molecule has 0 aliphatic rings. The molecule has 0 unspecified atom stereocenters. The molecule has 0 atom stereocenters. The smallest absolute Gasteiger partial charge is 0.272 e. The van der Waals surface area contributed by atoms with Gasteiger partial charge in [0.05, 0.1) is 11.3 Å². The Kier molecular flexibility index (Phi) is 3.33. The number of halogens is 4. The number of hydrogen-bond acceptors (Lipinski definition) is 2. The average molecular weight is 338 g/mol. The van der Waals surface area contributed by atoms with Gasteiger partial charge in [-0.25, -0.2) is 0 Å². The minimum absolute atomic E-state index is 0.0399. The summed E-state index contributed by atoms with van der Waals surface area (Å²) in [6, 6.07) is 3.90. The lowest BCUT2D eigenvalue weighted by atomic mass is 10.1. The number of aryl methyl sites for hydroxylation is 1. The van der Waals surface area contributed by atoms with Crippen molar-refractivity contribution in [3.05, 3.63) is 38.8 Å². The Balaban J connectivity index is 2.77. The molecule has 1 heterocycles. The van der Waals surface area contributed by atoms with E-state index < -0.39 is 11.7 Å². The van der Waals surface area contributed by atoms with Crippen LogP contribution in [0.4, 0.5) is 13.2 Å². The van der Waals surface area contributed by atoms with Crippen LogP contribution in [0.2, 0.25) is 0 Å². The van der Waals surface area contributed by atoms with E-state index in [1.165, 1.54) is 16.7 Å². The maximum atomic E-state index is 13.0. The first-order valence-corrected chi connectivity index (χ1v) is 6.02. The predicted molar refractivity (Wildman–Crippen MR) is 66.2 cm³/mol. The van der Waals surface area contributed by atoms with E-state index in [0.717, 1.165) is 6.07 Å². The number of aromatic amines is 1. The molecule has 2 rings (SSSR count). The van der Waals surface area contributed by atoms with Crippen LogP contribution < -0.4 is 0 Å². The van der Waals surface area contributed by atoms with Crippen molar-refractivity contribution in [1.82, 2.24) is 14.8 Å². The van der Waals surface area contributed by atoms with Crippen LogP contribution in [-0.2, 0) is 6.18 Å². The van der Waals surface area contributed by atoms with Gasteiger partial charge in [0.2, 0.25) is 0 Å². The van der Waals surface area contributed by atoms with Crippen LogP contribution in [0.1, 0.15) is 11.4 Å². The Bertz CT molecular complexity index is 645. The fraction of sp³-hybridized carbons (Fsp3) is 0.200. The highest BCUT2D eigenvalue weighted by Crippen LogP contribution is 2.35. The fourth-order valence-electron chi connectivity index (χ4n) is 1.59. The summed E-state index contributed by atoms with van der Waals surface area (Å²) in [4.78, 5) is 0. The molecule has 0 saturated heterocycles. The zero-order chi connectivity index (χ0) is 13.5. The van der Waals surface area contributed by atoms with Gasteiger partial charge in [-0.15, -0.1) is 0 Å². The van der Waals surface area contributed by atoms with Crippen molar-refractivity contribution >= 4 is 28.1 Å². The fourth-order valence-corrected chi connectivity index (χ4v) is 2.23. The van der Waals surface area contributed by atoms with Crippen LogP contribution in [-0.4, -0.2) is 14.8 Å². The van der Waals surface area contributed by atoms with Gasteiger partial charge in [0.25, 0.3) is 0 Å². The standard InChI is InChI=1S/C10H7BrF3N3S/c1-5-15-16-9(18)17(5)8-3-2-6(11)4-7(8)10(12,13)14/h2-4H,1H3,(H,16,18). The van der Waals surface area contributed by atoms with Gasteiger partial charge in [0, 0.05) is 4.47 Å². The SMILES string of the molecule is Cc1n[nH]c(=S)n1-c1ccc(Br)cc1C(F)(F)F. The van der Waals surface area contributed by atoms with Crippen LogP contribution in [0.15, 0.2) is 22.7 Å². The molecule has 96 valence electrons. The van der Waals surface area contributed by atoms with Crippen LogP contribution in [0.5, 0.6) is 0 Å². The van der Waals surface area contributed by atoms with E-state index >= 15 is 0 Å². The molecule has 0 fully saturated rings. The van der Waals surface area contributed by atoms with Gasteiger partial charge in [0.15, 0.2) is 4.77 Å². The zero-order valence-corrected chi connectivity index (χ0v) is 11.4. The molecule has 18 heavy (non-hydrogen) atoms. The number of alkyl halides is 3. The molecule has 0 radical (unpaired) electrons. The monoisotopic (exact) mass is 337 g/mol. The van der Waals surface area contributed by atoms with Crippen molar-refractivity contribution in [3.8, 4) is 5.69 Å². The van der Waals surface area contributed by atoms with Gasteiger partial charge in [-0.05, 0) is 37.3 Å². The first kappa shape index (κ1) is 13.3. The molecule has 1 aromatic heterocycles. The highest BCUT2D eigenvalue weighted by Gasteiger charge is 2.34. The van der Waals surface area contributed by atoms with Crippen molar-refractivity contribution in [2.75, 3.05) is 0 Å². The Hall–Kier alpha value is -1.15. The third kappa shape index (κ3) is 2.35. The normalized spacial score (nSPS) is 11.8. The molecular weight excluding hydrogens is 331 g/mol. The molecule has 0 amide bonds. The Labute approximate surface area is 114 Å². The third-order valence-electron chi connectivity index (χ3n) is 2.34. The van der Waals surface area contributed by atoms with Crippen LogP contribution in [0.25, 0.3) is 5.69 Å². The van der Waals surface area contributed by atoms with Gasteiger partial charge in [0.1, 0.15) is 5.82 Å². The molecular formula is C10H7BrF3N3S. The Morgan fingerprint density at radius 3 is 2.56 bits per heavy atom. The quantitative estimate of drug-likeness (QED) is 0.797. The van der Waals surface area contributed by atoms with Gasteiger partial charge in [-0.3, -0.25) is 9.67 Å².